The van der Waals surface area contributed by atoms with E-state index in [1.165, 1.54) is 44.5 Å². The molecule has 154 valence electrons. The first-order valence-corrected chi connectivity index (χ1v) is 10.4. The average Bonchev–Trinajstić information content (AvgIpc) is 3.11. The Hall–Kier alpha value is -2.54. The molecule has 0 spiro atoms. The molecule has 2 N–H and O–H groups in total. The lowest BCUT2D eigenvalue weighted by Crippen LogP contribution is -2.30. The molecule has 0 unspecified atom stereocenters. The number of aromatic nitrogens is 4. The minimum atomic E-state index is -0.266. The van der Waals surface area contributed by atoms with Crippen molar-refractivity contribution < 1.29 is 4.39 Å². The van der Waals surface area contributed by atoms with Crippen molar-refractivity contribution in [3.63, 3.8) is 0 Å². The van der Waals surface area contributed by atoms with E-state index < -0.39 is 0 Å². The van der Waals surface area contributed by atoms with Gasteiger partial charge in [-0.2, -0.15) is 0 Å². The maximum atomic E-state index is 13.6. The molecule has 0 aliphatic carbocycles. The van der Waals surface area contributed by atoms with E-state index >= 15 is 0 Å². The molecular formula is C22H29FN6. The van der Waals surface area contributed by atoms with Gasteiger partial charge in [0, 0.05) is 12.7 Å². The fourth-order valence-corrected chi connectivity index (χ4v) is 4.10. The van der Waals surface area contributed by atoms with Crippen LogP contribution < -0.4 is 5.32 Å². The van der Waals surface area contributed by atoms with Crippen LogP contribution in [-0.2, 0) is 0 Å². The van der Waals surface area contributed by atoms with E-state index in [2.05, 4.69) is 37.2 Å². The summed E-state index contributed by atoms with van der Waals surface area (Å²) >= 11 is 0. The molecule has 0 bridgehead atoms. The van der Waals surface area contributed by atoms with Gasteiger partial charge < -0.3 is 15.2 Å². The smallest absolute Gasteiger partial charge is 0.222 e. The Morgan fingerprint density at radius 2 is 2.00 bits per heavy atom. The quantitative estimate of drug-likeness (QED) is 0.608. The normalized spacial score (nSPS) is 15.9. The zero-order chi connectivity index (χ0) is 20.4. The summed E-state index contributed by atoms with van der Waals surface area (Å²) in [6.45, 7) is 7.12. The number of rotatable bonds is 6. The zero-order valence-electron chi connectivity index (χ0n) is 17.4. The highest BCUT2D eigenvalue weighted by Crippen LogP contribution is 2.25. The van der Waals surface area contributed by atoms with Gasteiger partial charge in [0.05, 0.1) is 22.3 Å². The van der Waals surface area contributed by atoms with E-state index in [9.17, 15) is 4.39 Å². The predicted octanol–water partition coefficient (Wildman–Crippen LogP) is 4.31. The molecule has 29 heavy (non-hydrogen) atoms. The summed E-state index contributed by atoms with van der Waals surface area (Å²) in [5.41, 5.74) is 3.95. The minimum absolute atomic E-state index is 0.266. The first-order valence-electron chi connectivity index (χ1n) is 10.4. The number of anilines is 1. The number of aromatic amines is 1. The van der Waals surface area contributed by atoms with Crippen molar-refractivity contribution in [3.8, 4) is 11.4 Å². The fourth-order valence-electron chi connectivity index (χ4n) is 4.10. The van der Waals surface area contributed by atoms with Crippen LogP contribution in [0.3, 0.4) is 0 Å². The van der Waals surface area contributed by atoms with Crippen molar-refractivity contribution in [2.24, 2.45) is 5.92 Å². The molecule has 1 fully saturated rings. The number of aryl methyl sites for hydroxylation is 2. The van der Waals surface area contributed by atoms with Crippen molar-refractivity contribution >= 4 is 17.0 Å². The lowest BCUT2D eigenvalue weighted by Gasteiger charge is -2.28. The highest BCUT2D eigenvalue weighted by molar-refractivity contribution is 5.82. The number of H-pyrrole nitrogens is 1. The maximum absolute atomic E-state index is 13.6. The zero-order valence-corrected chi connectivity index (χ0v) is 17.4. The molecule has 4 rings (SSSR count). The third kappa shape index (κ3) is 4.56. The van der Waals surface area contributed by atoms with Crippen LogP contribution in [0.15, 0.2) is 18.3 Å². The van der Waals surface area contributed by atoms with E-state index in [1.807, 2.05) is 13.8 Å². The molecule has 1 aromatic carbocycles. The monoisotopic (exact) mass is 396 g/mol. The molecule has 1 saturated heterocycles. The molecule has 3 heterocycles. The highest BCUT2D eigenvalue weighted by Gasteiger charge is 2.16. The number of piperidine rings is 1. The van der Waals surface area contributed by atoms with Gasteiger partial charge in [0.15, 0.2) is 0 Å². The van der Waals surface area contributed by atoms with Gasteiger partial charge >= 0.3 is 0 Å². The lowest BCUT2D eigenvalue weighted by molar-refractivity contribution is 0.211. The number of hydrogen-bond acceptors (Lipinski definition) is 5. The summed E-state index contributed by atoms with van der Waals surface area (Å²) in [5.74, 6) is 1.89. The van der Waals surface area contributed by atoms with E-state index in [0.717, 1.165) is 41.2 Å². The second-order valence-corrected chi connectivity index (χ2v) is 8.21. The van der Waals surface area contributed by atoms with E-state index in [-0.39, 0.29) is 5.82 Å². The molecule has 0 amide bonds. The number of hydrogen-bond donors (Lipinski definition) is 2. The Balaban J connectivity index is 1.37. The van der Waals surface area contributed by atoms with Crippen molar-refractivity contribution in [1.82, 2.24) is 24.8 Å². The van der Waals surface area contributed by atoms with Gasteiger partial charge in [-0.1, -0.05) is 0 Å². The summed E-state index contributed by atoms with van der Waals surface area (Å²) in [5, 5.41) is 3.34. The van der Waals surface area contributed by atoms with E-state index in [1.54, 1.807) is 6.20 Å². The van der Waals surface area contributed by atoms with E-state index in [4.69, 9.17) is 0 Å². The Kier molecular flexibility index (Phi) is 5.76. The molecule has 0 saturated carbocycles. The van der Waals surface area contributed by atoms with Gasteiger partial charge in [0.1, 0.15) is 11.6 Å². The fraction of sp³-hybridized carbons (Fsp3) is 0.500. The number of halogens is 1. The third-order valence-electron chi connectivity index (χ3n) is 5.89. The molecule has 1 aliphatic rings. The molecule has 1 aliphatic heterocycles. The van der Waals surface area contributed by atoms with Gasteiger partial charge in [-0.15, -0.1) is 0 Å². The Morgan fingerprint density at radius 1 is 1.21 bits per heavy atom. The van der Waals surface area contributed by atoms with Crippen molar-refractivity contribution in [3.05, 3.63) is 35.4 Å². The summed E-state index contributed by atoms with van der Waals surface area (Å²) in [6.07, 6.45) is 6.79. The summed E-state index contributed by atoms with van der Waals surface area (Å²) < 4.78 is 13.6. The predicted molar refractivity (Wildman–Crippen MR) is 114 cm³/mol. The van der Waals surface area contributed by atoms with Gasteiger partial charge in [0.2, 0.25) is 5.95 Å². The molecule has 2 aromatic heterocycles. The number of nitrogens with zero attached hydrogens (tertiary/aromatic N) is 4. The summed E-state index contributed by atoms with van der Waals surface area (Å²) in [7, 11) is 2.20. The molecule has 0 atom stereocenters. The van der Waals surface area contributed by atoms with Crippen LogP contribution in [0, 0.1) is 25.6 Å². The van der Waals surface area contributed by atoms with E-state index in [0.29, 0.717) is 17.3 Å². The van der Waals surface area contributed by atoms with Crippen LogP contribution in [0.4, 0.5) is 10.3 Å². The maximum Gasteiger partial charge on any atom is 0.222 e. The molecule has 3 aromatic rings. The summed E-state index contributed by atoms with van der Waals surface area (Å²) in [4.78, 5) is 19.3. The van der Waals surface area contributed by atoms with Crippen molar-refractivity contribution in [2.45, 2.75) is 39.5 Å². The van der Waals surface area contributed by atoms with Gasteiger partial charge in [0.25, 0.3) is 0 Å². The largest absolute Gasteiger partial charge is 0.354 e. The molecule has 0 radical (unpaired) electrons. The van der Waals surface area contributed by atoms with Crippen molar-refractivity contribution in [2.75, 3.05) is 32.0 Å². The molecular weight excluding hydrogens is 367 g/mol. The van der Waals surface area contributed by atoms with Crippen molar-refractivity contribution in [1.29, 1.82) is 0 Å². The second kappa shape index (κ2) is 8.45. The van der Waals surface area contributed by atoms with Crippen LogP contribution in [-0.4, -0.2) is 51.5 Å². The topological polar surface area (TPSA) is 69.7 Å². The molecule has 6 nitrogen and oxygen atoms in total. The Labute approximate surface area is 171 Å². The van der Waals surface area contributed by atoms with Crippen LogP contribution in [0.25, 0.3) is 22.4 Å². The molecule has 7 heteroatoms. The van der Waals surface area contributed by atoms with Gasteiger partial charge in [-0.05, 0) is 83.3 Å². The van der Waals surface area contributed by atoms with Gasteiger partial charge in [-0.25, -0.2) is 19.3 Å². The number of benzene rings is 1. The SMILES string of the molecule is Cc1nc(NCCCC2CCN(C)CC2)ncc1-c1nc2c(C)cc(F)cc2[nH]1. The Bertz CT molecular complexity index is 990. The van der Waals surface area contributed by atoms with Crippen LogP contribution in [0.5, 0.6) is 0 Å². The van der Waals surface area contributed by atoms with Crippen LogP contribution in [0.2, 0.25) is 0 Å². The number of imidazole rings is 1. The number of likely N-dealkylation sites (tertiary alicyclic amines) is 1. The van der Waals surface area contributed by atoms with Gasteiger partial charge in [-0.3, -0.25) is 0 Å². The lowest BCUT2D eigenvalue weighted by atomic mass is 9.92. The second-order valence-electron chi connectivity index (χ2n) is 8.21. The minimum Gasteiger partial charge on any atom is -0.354 e. The summed E-state index contributed by atoms with van der Waals surface area (Å²) in [6, 6.07) is 2.96. The van der Waals surface area contributed by atoms with Crippen LogP contribution in [0.1, 0.15) is 36.9 Å². The first-order chi connectivity index (χ1) is 14.0. The third-order valence-corrected chi connectivity index (χ3v) is 5.89. The first kappa shape index (κ1) is 19.8. The number of nitrogens with one attached hydrogen (secondary N) is 2. The van der Waals surface area contributed by atoms with Crippen LogP contribution >= 0.6 is 0 Å². The number of fused-ring (bicyclic) bond motifs is 1. The Morgan fingerprint density at radius 3 is 2.76 bits per heavy atom. The highest BCUT2D eigenvalue weighted by atomic mass is 19.1. The standard InChI is InChI=1S/C22H29FN6/c1-14-11-17(23)12-19-20(14)28-21(27-19)18-13-25-22(26-15(18)2)24-8-4-5-16-6-9-29(3)10-7-16/h11-13,16H,4-10H2,1-3H3,(H,27,28)(H,24,25,26). The average molecular weight is 397 g/mol.